The number of benzene rings is 1. The number of hydrogen-bond donors (Lipinski definition) is 1. The molecule has 0 radical (unpaired) electrons. The van der Waals surface area contributed by atoms with Crippen molar-refractivity contribution in [2.45, 2.75) is 38.6 Å². The summed E-state index contributed by atoms with van der Waals surface area (Å²) in [5, 5.41) is 3.30. The molecule has 1 spiro atoms. The smallest absolute Gasteiger partial charge is 0.262 e. The molecule has 6 rings (SSSR count). The molecule has 2 saturated heterocycles. The van der Waals surface area contributed by atoms with E-state index in [4.69, 9.17) is 14.5 Å². The summed E-state index contributed by atoms with van der Waals surface area (Å²) in [6, 6.07) is 10.0. The van der Waals surface area contributed by atoms with E-state index in [1.165, 1.54) is 5.69 Å². The van der Waals surface area contributed by atoms with E-state index in [1.807, 2.05) is 30.5 Å². The van der Waals surface area contributed by atoms with E-state index in [2.05, 4.69) is 30.1 Å². The van der Waals surface area contributed by atoms with Gasteiger partial charge in [0.15, 0.2) is 0 Å². The van der Waals surface area contributed by atoms with E-state index < -0.39 is 0 Å². The highest BCUT2D eigenvalue weighted by Gasteiger charge is 2.45. The topological polar surface area (TPSA) is 63.7 Å². The van der Waals surface area contributed by atoms with E-state index in [0.29, 0.717) is 12.0 Å². The van der Waals surface area contributed by atoms with Crippen LogP contribution in [0.2, 0.25) is 0 Å². The van der Waals surface area contributed by atoms with Crippen LogP contribution >= 0.6 is 11.3 Å². The van der Waals surface area contributed by atoms with Gasteiger partial charge in [0.1, 0.15) is 5.75 Å². The number of amides is 1. The van der Waals surface area contributed by atoms with Gasteiger partial charge in [-0.25, -0.2) is 0 Å². The van der Waals surface area contributed by atoms with Gasteiger partial charge in [-0.05, 0) is 24.5 Å². The number of carbonyl (C=O) groups excluding carboxylic acids is 1. The Hall–Kier alpha value is -2.64. The van der Waals surface area contributed by atoms with Crippen molar-refractivity contribution in [3.05, 3.63) is 52.5 Å². The molecular formula is C26H29N3O3S. The van der Waals surface area contributed by atoms with Gasteiger partial charge in [-0.1, -0.05) is 32.0 Å². The summed E-state index contributed by atoms with van der Waals surface area (Å²) in [7, 11) is 0. The van der Waals surface area contributed by atoms with Gasteiger partial charge in [0.05, 0.1) is 46.6 Å². The largest absolute Gasteiger partial charge is 0.493 e. The highest BCUT2D eigenvalue weighted by atomic mass is 32.1. The van der Waals surface area contributed by atoms with Crippen molar-refractivity contribution >= 4 is 33.1 Å². The number of fused-ring (bicyclic) bond motifs is 2. The number of aromatic nitrogens is 1. The average Bonchev–Trinajstić information content (AvgIpc) is 3.42. The second kappa shape index (κ2) is 7.99. The molecule has 1 aromatic carbocycles. The number of ether oxygens (including phenoxy) is 2. The van der Waals surface area contributed by atoms with Crippen LogP contribution in [0.15, 0.2) is 36.5 Å². The van der Waals surface area contributed by atoms with Crippen LogP contribution < -0.4 is 15.0 Å². The first-order chi connectivity index (χ1) is 16.0. The molecule has 1 N–H and O–H groups in total. The highest BCUT2D eigenvalue weighted by Crippen LogP contribution is 2.45. The van der Waals surface area contributed by atoms with Gasteiger partial charge in [-0.3, -0.25) is 9.78 Å². The lowest BCUT2D eigenvalue weighted by Gasteiger charge is -2.37. The molecule has 2 aromatic heterocycles. The number of rotatable bonds is 4. The summed E-state index contributed by atoms with van der Waals surface area (Å²) in [5.74, 6) is 1.05. The van der Waals surface area contributed by atoms with Crippen LogP contribution in [0.25, 0.3) is 10.2 Å². The summed E-state index contributed by atoms with van der Waals surface area (Å²) in [4.78, 5) is 21.6. The molecule has 3 aliphatic heterocycles. The van der Waals surface area contributed by atoms with E-state index in [-0.39, 0.29) is 17.9 Å². The van der Waals surface area contributed by atoms with Crippen molar-refractivity contribution in [2.24, 2.45) is 5.41 Å². The fraction of sp³-hybridized carbons (Fsp3) is 0.462. The molecule has 1 amide bonds. The molecule has 2 fully saturated rings. The maximum Gasteiger partial charge on any atom is 0.262 e. The summed E-state index contributed by atoms with van der Waals surface area (Å²) < 4.78 is 12.4. The molecule has 0 unspecified atom stereocenters. The molecule has 3 aliphatic rings. The van der Waals surface area contributed by atoms with Crippen molar-refractivity contribution in [1.82, 2.24) is 10.3 Å². The molecule has 3 aromatic rings. The minimum absolute atomic E-state index is 0.0142. The molecular weight excluding hydrogens is 434 g/mol. The van der Waals surface area contributed by atoms with Gasteiger partial charge >= 0.3 is 0 Å². The number of pyridine rings is 1. The Balaban J connectivity index is 1.35. The Labute approximate surface area is 197 Å². The van der Waals surface area contributed by atoms with E-state index >= 15 is 0 Å². The summed E-state index contributed by atoms with van der Waals surface area (Å²) >= 11 is 1.59. The Bertz CT molecular complexity index is 1220. The molecule has 0 bridgehead atoms. The molecule has 172 valence electrons. The number of anilines is 1. The Morgan fingerprint density at radius 3 is 2.88 bits per heavy atom. The van der Waals surface area contributed by atoms with Crippen LogP contribution in [-0.4, -0.2) is 43.8 Å². The molecule has 5 heterocycles. The van der Waals surface area contributed by atoms with Crippen LogP contribution in [-0.2, 0) is 4.74 Å². The number of hydrogen-bond acceptors (Lipinski definition) is 6. The minimum atomic E-state index is -0.0443. The van der Waals surface area contributed by atoms with E-state index in [1.54, 1.807) is 11.3 Å². The maximum atomic E-state index is 13.6. The van der Waals surface area contributed by atoms with Gasteiger partial charge in [-0.15, -0.1) is 11.3 Å². The van der Waals surface area contributed by atoms with Crippen molar-refractivity contribution in [3.8, 4) is 5.75 Å². The fourth-order valence-electron chi connectivity index (χ4n) is 5.43. The third-order valence-electron chi connectivity index (χ3n) is 7.23. The lowest BCUT2D eigenvalue weighted by atomic mass is 9.85. The van der Waals surface area contributed by atoms with Crippen molar-refractivity contribution in [1.29, 1.82) is 0 Å². The van der Waals surface area contributed by atoms with Gasteiger partial charge in [0.25, 0.3) is 5.91 Å². The monoisotopic (exact) mass is 463 g/mol. The quantitative estimate of drug-likeness (QED) is 0.596. The van der Waals surface area contributed by atoms with E-state index in [9.17, 15) is 4.79 Å². The van der Waals surface area contributed by atoms with Gasteiger partial charge in [-0.2, -0.15) is 0 Å². The van der Waals surface area contributed by atoms with Crippen LogP contribution in [0, 0.1) is 5.41 Å². The first-order valence-corrected chi connectivity index (χ1v) is 12.6. The van der Waals surface area contributed by atoms with Crippen molar-refractivity contribution < 1.29 is 14.3 Å². The summed E-state index contributed by atoms with van der Waals surface area (Å²) in [5.41, 5.74) is 4.58. The SMILES string of the molecule is CC(C)c1c(C(=O)N[C@H]2CCOc3ccccc32)sc2c(N3CCC4(COC4)C3)ccnc12. The second-order valence-electron chi connectivity index (χ2n) is 9.87. The Morgan fingerprint density at radius 2 is 2.12 bits per heavy atom. The molecule has 1 atom stereocenters. The zero-order valence-electron chi connectivity index (χ0n) is 19.1. The lowest BCUT2D eigenvalue weighted by Crippen LogP contribution is -2.44. The third kappa shape index (κ3) is 3.49. The predicted molar refractivity (Wildman–Crippen MR) is 131 cm³/mol. The number of carbonyl (C=O) groups is 1. The number of nitrogens with one attached hydrogen (secondary N) is 1. The zero-order valence-corrected chi connectivity index (χ0v) is 19.9. The minimum Gasteiger partial charge on any atom is -0.493 e. The van der Waals surface area contributed by atoms with Crippen LogP contribution in [0.4, 0.5) is 5.69 Å². The molecule has 7 heteroatoms. The van der Waals surface area contributed by atoms with Crippen LogP contribution in [0.5, 0.6) is 5.75 Å². The molecule has 0 saturated carbocycles. The van der Waals surface area contributed by atoms with Gasteiger partial charge < -0.3 is 19.7 Å². The van der Waals surface area contributed by atoms with Crippen molar-refractivity contribution in [2.75, 3.05) is 37.8 Å². The van der Waals surface area contributed by atoms with Crippen LogP contribution in [0.3, 0.4) is 0 Å². The zero-order chi connectivity index (χ0) is 22.6. The average molecular weight is 464 g/mol. The number of thiophene rings is 1. The molecule has 0 aliphatic carbocycles. The first-order valence-electron chi connectivity index (χ1n) is 11.8. The van der Waals surface area contributed by atoms with Gasteiger partial charge in [0.2, 0.25) is 0 Å². The summed E-state index contributed by atoms with van der Waals surface area (Å²) in [6.45, 7) is 8.66. The highest BCUT2D eigenvalue weighted by molar-refractivity contribution is 7.21. The van der Waals surface area contributed by atoms with E-state index in [0.717, 1.165) is 71.1 Å². The standard InChI is InChI=1S/C26H29N3O3S/c1-16(2)21-22-23(19(7-10-27-22)29-11-9-26(13-29)14-31-15-26)33-24(21)25(30)28-18-8-12-32-20-6-4-3-5-17(18)20/h3-7,10,16,18H,8-9,11-15H2,1-2H3,(H,28,30)/t18-/m0/s1. The Kier molecular flexibility index (Phi) is 5.07. The fourth-order valence-corrected chi connectivity index (χ4v) is 6.79. The maximum absolute atomic E-state index is 13.6. The lowest BCUT2D eigenvalue weighted by molar-refractivity contribution is -0.0985. The van der Waals surface area contributed by atoms with Crippen LogP contribution in [0.1, 0.15) is 59.4 Å². The van der Waals surface area contributed by atoms with Gasteiger partial charge in [0, 0.05) is 42.2 Å². The third-order valence-corrected chi connectivity index (χ3v) is 8.45. The molecule has 6 nitrogen and oxygen atoms in total. The normalized spacial score (nSPS) is 21.2. The predicted octanol–water partition coefficient (Wildman–Crippen LogP) is 4.90. The second-order valence-corrected chi connectivity index (χ2v) is 10.9. The number of nitrogens with zero attached hydrogens (tertiary/aromatic N) is 2. The first kappa shape index (κ1) is 20.9. The molecule has 33 heavy (non-hydrogen) atoms. The number of para-hydroxylation sites is 1. The summed E-state index contributed by atoms with van der Waals surface area (Å²) in [6.07, 6.45) is 3.83. The van der Waals surface area contributed by atoms with Crippen molar-refractivity contribution in [3.63, 3.8) is 0 Å². The Morgan fingerprint density at radius 1 is 1.27 bits per heavy atom.